The molecule has 0 radical (unpaired) electrons. The lowest BCUT2D eigenvalue weighted by molar-refractivity contribution is 0.561. The molecule has 84 valence electrons. The molecule has 0 aromatic heterocycles. The molecule has 0 fully saturated rings. The Labute approximate surface area is 93.7 Å². The van der Waals surface area contributed by atoms with Gasteiger partial charge in [-0.3, -0.25) is 0 Å². The van der Waals surface area contributed by atoms with Crippen LogP contribution < -0.4 is 5.73 Å². The summed E-state index contributed by atoms with van der Waals surface area (Å²) in [6, 6.07) is 7.13. The van der Waals surface area contributed by atoms with Crippen LogP contribution >= 0.6 is 0 Å². The van der Waals surface area contributed by atoms with Crippen LogP contribution in [0.15, 0.2) is 18.2 Å². The summed E-state index contributed by atoms with van der Waals surface area (Å²) in [4.78, 5) is 0. The van der Waals surface area contributed by atoms with Crippen LogP contribution in [0.1, 0.15) is 42.9 Å². The molecule has 0 amide bonds. The average Bonchev–Trinajstić information content (AvgIpc) is 2.14. The normalized spacial score (nSPS) is 12.8. The van der Waals surface area contributed by atoms with Crippen molar-refractivity contribution >= 4 is 0 Å². The van der Waals surface area contributed by atoms with Crippen LogP contribution in [0, 0.1) is 13.8 Å². The quantitative estimate of drug-likeness (QED) is 0.783. The number of nitrogens with two attached hydrogens (primary N) is 1. The lowest BCUT2D eigenvalue weighted by Gasteiger charge is -2.10. The van der Waals surface area contributed by atoms with Gasteiger partial charge in [0.25, 0.3) is 0 Å². The first-order chi connectivity index (χ1) is 7.11. The molecule has 0 heterocycles. The van der Waals surface area contributed by atoms with Crippen molar-refractivity contribution in [2.45, 2.75) is 52.5 Å². The van der Waals surface area contributed by atoms with Crippen molar-refractivity contribution in [1.82, 2.24) is 0 Å². The molecule has 1 nitrogen and oxygen atoms in total. The number of rotatable bonds is 5. The van der Waals surface area contributed by atoms with Crippen LogP contribution in [-0.2, 0) is 6.42 Å². The van der Waals surface area contributed by atoms with E-state index in [-0.39, 0.29) is 0 Å². The fourth-order valence-electron chi connectivity index (χ4n) is 2.08. The second-order valence-corrected chi connectivity index (χ2v) is 4.58. The summed E-state index contributed by atoms with van der Waals surface area (Å²) in [6.45, 7) is 6.50. The SMILES string of the molecule is CCCC(N)CCc1cc(C)cc(C)c1. The predicted molar refractivity (Wildman–Crippen MR) is 67.1 cm³/mol. The van der Waals surface area contributed by atoms with Gasteiger partial charge < -0.3 is 5.73 Å². The highest BCUT2D eigenvalue weighted by atomic mass is 14.6. The van der Waals surface area contributed by atoms with Crippen molar-refractivity contribution in [3.05, 3.63) is 34.9 Å². The number of hydrogen-bond donors (Lipinski definition) is 1. The molecule has 0 spiro atoms. The Bertz CT molecular complexity index is 284. The second-order valence-electron chi connectivity index (χ2n) is 4.58. The molecule has 1 aromatic rings. The van der Waals surface area contributed by atoms with Gasteiger partial charge in [0.05, 0.1) is 0 Å². The maximum absolute atomic E-state index is 6.01. The van der Waals surface area contributed by atoms with Crippen molar-refractivity contribution in [2.24, 2.45) is 5.73 Å². The van der Waals surface area contributed by atoms with Gasteiger partial charge in [-0.1, -0.05) is 42.7 Å². The molecule has 0 bridgehead atoms. The van der Waals surface area contributed by atoms with Crippen LogP contribution in [0.2, 0.25) is 0 Å². The van der Waals surface area contributed by atoms with Gasteiger partial charge in [-0.2, -0.15) is 0 Å². The molecular weight excluding hydrogens is 182 g/mol. The third-order valence-corrected chi connectivity index (χ3v) is 2.74. The molecule has 1 atom stereocenters. The molecule has 0 saturated heterocycles. The molecule has 1 rings (SSSR count). The maximum Gasteiger partial charge on any atom is 0.00418 e. The van der Waals surface area contributed by atoms with E-state index in [9.17, 15) is 0 Å². The second kappa shape index (κ2) is 5.92. The molecular formula is C14H23N. The zero-order valence-electron chi connectivity index (χ0n) is 10.2. The van der Waals surface area contributed by atoms with Gasteiger partial charge >= 0.3 is 0 Å². The molecule has 1 heteroatoms. The van der Waals surface area contributed by atoms with Gasteiger partial charge in [0.15, 0.2) is 0 Å². The lowest BCUT2D eigenvalue weighted by atomic mass is 10.00. The lowest BCUT2D eigenvalue weighted by Crippen LogP contribution is -2.20. The smallest absolute Gasteiger partial charge is 0.00418 e. The fourth-order valence-corrected chi connectivity index (χ4v) is 2.08. The van der Waals surface area contributed by atoms with Gasteiger partial charge in [-0.15, -0.1) is 0 Å². The minimum absolute atomic E-state index is 0.371. The Morgan fingerprint density at radius 1 is 1.07 bits per heavy atom. The largest absolute Gasteiger partial charge is 0.328 e. The minimum Gasteiger partial charge on any atom is -0.328 e. The monoisotopic (exact) mass is 205 g/mol. The summed E-state index contributed by atoms with van der Waals surface area (Å²) < 4.78 is 0. The van der Waals surface area contributed by atoms with Crippen molar-refractivity contribution < 1.29 is 0 Å². The van der Waals surface area contributed by atoms with Crippen LogP contribution in [0.5, 0.6) is 0 Å². The molecule has 1 unspecified atom stereocenters. The number of hydrogen-bond acceptors (Lipinski definition) is 1. The highest BCUT2D eigenvalue weighted by Crippen LogP contribution is 2.12. The Kier molecular flexibility index (Phi) is 4.83. The zero-order chi connectivity index (χ0) is 11.3. The fraction of sp³-hybridized carbons (Fsp3) is 0.571. The summed E-state index contributed by atoms with van der Waals surface area (Å²) >= 11 is 0. The molecule has 0 aliphatic rings. The van der Waals surface area contributed by atoms with Gasteiger partial charge in [-0.05, 0) is 38.7 Å². The predicted octanol–water partition coefficient (Wildman–Crippen LogP) is 3.36. The van der Waals surface area contributed by atoms with E-state index in [1.54, 1.807) is 0 Å². The highest BCUT2D eigenvalue weighted by Gasteiger charge is 2.02. The van der Waals surface area contributed by atoms with E-state index < -0.39 is 0 Å². The first-order valence-corrected chi connectivity index (χ1v) is 5.94. The molecule has 0 aliphatic heterocycles. The molecule has 15 heavy (non-hydrogen) atoms. The summed E-state index contributed by atoms with van der Waals surface area (Å²) in [5.74, 6) is 0. The Morgan fingerprint density at radius 3 is 2.20 bits per heavy atom. The highest BCUT2D eigenvalue weighted by molar-refractivity contribution is 5.28. The number of aryl methyl sites for hydroxylation is 3. The van der Waals surface area contributed by atoms with E-state index in [0.717, 1.165) is 19.3 Å². The van der Waals surface area contributed by atoms with E-state index in [0.29, 0.717) is 6.04 Å². The third kappa shape index (κ3) is 4.48. The Balaban J connectivity index is 2.50. The van der Waals surface area contributed by atoms with Crippen LogP contribution in [0.3, 0.4) is 0 Å². The number of benzene rings is 1. The van der Waals surface area contributed by atoms with Crippen LogP contribution in [0.4, 0.5) is 0 Å². The van der Waals surface area contributed by atoms with Gasteiger partial charge in [0.1, 0.15) is 0 Å². The van der Waals surface area contributed by atoms with Crippen LogP contribution in [0.25, 0.3) is 0 Å². The van der Waals surface area contributed by atoms with E-state index >= 15 is 0 Å². The average molecular weight is 205 g/mol. The van der Waals surface area contributed by atoms with Crippen LogP contribution in [-0.4, -0.2) is 6.04 Å². The van der Waals surface area contributed by atoms with E-state index in [4.69, 9.17) is 5.73 Å². The third-order valence-electron chi connectivity index (χ3n) is 2.74. The van der Waals surface area contributed by atoms with Gasteiger partial charge in [0.2, 0.25) is 0 Å². The topological polar surface area (TPSA) is 26.0 Å². The zero-order valence-corrected chi connectivity index (χ0v) is 10.2. The van der Waals surface area contributed by atoms with E-state index in [1.807, 2.05) is 0 Å². The standard InChI is InChI=1S/C14H23N/c1-4-5-14(15)7-6-13-9-11(2)8-12(3)10-13/h8-10,14H,4-7,15H2,1-3H3. The summed E-state index contributed by atoms with van der Waals surface area (Å²) in [5, 5.41) is 0. The summed E-state index contributed by atoms with van der Waals surface area (Å²) in [5.41, 5.74) is 10.1. The first-order valence-electron chi connectivity index (χ1n) is 5.94. The van der Waals surface area contributed by atoms with Crippen molar-refractivity contribution in [3.8, 4) is 0 Å². The summed E-state index contributed by atoms with van der Waals surface area (Å²) in [6.07, 6.45) is 4.55. The van der Waals surface area contributed by atoms with Gasteiger partial charge in [-0.25, -0.2) is 0 Å². The van der Waals surface area contributed by atoms with E-state index in [1.165, 1.54) is 23.1 Å². The van der Waals surface area contributed by atoms with Gasteiger partial charge in [0, 0.05) is 6.04 Å². The molecule has 0 saturated carbocycles. The molecule has 1 aromatic carbocycles. The Morgan fingerprint density at radius 2 is 1.67 bits per heavy atom. The van der Waals surface area contributed by atoms with E-state index in [2.05, 4.69) is 39.0 Å². The minimum atomic E-state index is 0.371. The van der Waals surface area contributed by atoms with Crippen molar-refractivity contribution in [1.29, 1.82) is 0 Å². The summed E-state index contributed by atoms with van der Waals surface area (Å²) in [7, 11) is 0. The first kappa shape index (κ1) is 12.3. The molecule has 0 aliphatic carbocycles. The van der Waals surface area contributed by atoms with Crippen molar-refractivity contribution in [2.75, 3.05) is 0 Å². The Hall–Kier alpha value is -0.820. The van der Waals surface area contributed by atoms with Crippen molar-refractivity contribution in [3.63, 3.8) is 0 Å². The molecule has 2 N–H and O–H groups in total. The maximum atomic E-state index is 6.01.